The molecular weight excluding hydrogens is 202 g/mol. The molecule has 1 aromatic rings. The fourth-order valence-corrected chi connectivity index (χ4v) is 1.58. The van der Waals surface area contributed by atoms with Gasteiger partial charge in [0.25, 0.3) is 0 Å². The number of rotatable bonds is 6. The molecule has 0 saturated heterocycles. The van der Waals surface area contributed by atoms with E-state index in [1.807, 2.05) is 31.2 Å². The van der Waals surface area contributed by atoms with Gasteiger partial charge in [0.15, 0.2) is 0 Å². The van der Waals surface area contributed by atoms with Crippen LogP contribution in [0.4, 0.5) is 0 Å². The summed E-state index contributed by atoms with van der Waals surface area (Å²) in [5.41, 5.74) is 1.69. The van der Waals surface area contributed by atoms with Crippen molar-refractivity contribution in [2.45, 2.75) is 13.3 Å². The van der Waals surface area contributed by atoms with E-state index in [9.17, 15) is 10.0 Å². The molecule has 0 heterocycles. The molecule has 0 aliphatic rings. The van der Waals surface area contributed by atoms with Crippen molar-refractivity contribution >= 4 is 6.08 Å². The van der Waals surface area contributed by atoms with Crippen LogP contribution in [0.1, 0.15) is 18.1 Å². The van der Waals surface area contributed by atoms with Crippen LogP contribution in [0.2, 0.25) is 0 Å². The van der Waals surface area contributed by atoms with Gasteiger partial charge < -0.3 is 5.11 Å². The van der Waals surface area contributed by atoms with Gasteiger partial charge in [0.05, 0.1) is 13.2 Å². The lowest BCUT2D eigenvalue weighted by Crippen LogP contribution is -2.27. The average Bonchev–Trinajstić information content (AvgIpc) is 2.30. The van der Waals surface area contributed by atoms with Gasteiger partial charge in [-0.05, 0) is 17.5 Å². The largest absolute Gasteiger partial charge is 0.396 e. The van der Waals surface area contributed by atoms with Gasteiger partial charge in [0, 0.05) is 5.41 Å². The van der Waals surface area contributed by atoms with Gasteiger partial charge in [-0.1, -0.05) is 49.0 Å². The van der Waals surface area contributed by atoms with Crippen LogP contribution in [0, 0.1) is 10.3 Å². The zero-order valence-corrected chi connectivity index (χ0v) is 9.52. The molecule has 3 nitrogen and oxygen atoms in total. The Morgan fingerprint density at radius 3 is 2.50 bits per heavy atom. The normalized spacial score (nSPS) is 14.1. The molecule has 0 spiro atoms. The maximum Gasteiger partial charge on any atom is 0.0889 e. The summed E-state index contributed by atoms with van der Waals surface area (Å²) >= 11 is 0. The van der Waals surface area contributed by atoms with Gasteiger partial charge in [-0.25, -0.2) is 0 Å². The summed E-state index contributed by atoms with van der Waals surface area (Å²) in [7, 11) is 0. The fourth-order valence-electron chi connectivity index (χ4n) is 1.58. The number of aliphatic hydroxyl groups is 1. The van der Waals surface area contributed by atoms with E-state index in [0.717, 1.165) is 11.1 Å². The minimum absolute atomic E-state index is 0.0397. The molecule has 3 heteroatoms. The van der Waals surface area contributed by atoms with Gasteiger partial charge in [0.2, 0.25) is 0 Å². The van der Waals surface area contributed by atoms with E-state index in [-0.39, 0.29) is 13.2 Å². The first-order valence-corrected chi connectivity index (χ1v) is 5.25. The first-order valence-electron chi connectivity index (χ1n) is 5.25. The summed E-state index contributed by atoms with van der Waals surface area (Å²) in [6.07, 6.45) is 2.43. The second kappa shape index (κ2) is 5.56. The first-order chi connectivity index (χ1) is 7.63. The van der Waals surface area contributed by atoms with Gasteiger partial charge in [-0.2, -0.15) is 4.91 Å². The van der Waals surface area contributed by atoms with Crippen molar-refractivity contribution in [3.8, 4) is 0 Å². The molecule has 0 radical (unpaired) electrons. The molecule has 0 amide bonds. The molecule has 1 aromatic carbocycles. The zero-order chi connectivity index (χ0) is 12.0. The van der Waals surface area contributed by atoms with E-state index in [2.05, 4.69) is 11.8 Å². The topological polar surface area (TPSA) is 49.7 Å². The predicted octanol–water partition coefficient (Wildman–Crippen LogP) is 2.64. The summed E-state index contributed by atoms with van der Waals surface area (Å²) in [6.45, 7) is 5.63. The maximum atomic E-state index is 10.3. The second-order valence-corrected chi connectivity index (χ2v) is 4.38. The highest BCUT2D eigenvalue weighted by Crippen LogP contribution is 2.22. The van der Waals surface area contributed by atoms with Crippen LogP contribution in [0.5, 0.6) is 0 Å². The molecule has 0 aliphatic carbocycles. The second-order valence-electron chi connectivity index (χ2n) is 4.38. The van der Waals surface area contributed by atoms with Gasteiger partial charge in [-0.3, -0.25) is 0 Å². The number of aliphatic hydroxyl groups excluding tert-OH is 1. The van der Waals surface area contributed by atoms with E-state index in [0.29, 0.717) is 6.42 Å². The van der Waals surface area contributed by atoms with E-state index in [1.54, 1.807) is 6.08 Å². The third-order valence-corrected chi connectivity index (χ3v) is 2.67. The molecule has 0 bridgehead atoms. The predicted molar refractivity (Wildman–Crippen MR) is 66.1 cm³/mol. The number of nitroso groups, excluding NO2 is 1. The molecule has 0 saturated carbocycles. The summed E-state index contributed by atoms with van der Waals surface area (Å²) in [6, 6.07) is 7.90. The van der Waals surface area contributed by atoms with Crippen molar-refractivity contribution in [2.75, 3.05) is 13.2 Å². The molecule has 16 heavy (non-hydrogen) atoms. The standard InChI is InChI=1S/C13H17NO2/c1-3-11-4-6-12(7-5-11)8-13(2,10-15)9-14-16/h3-7,15H,1,8-10H2,2H3. The summed E-state index contributed by atoms with van der Waals surface area (Å²) < 4.78 is 0. The Morgan fingerprint density at radius 2 is 2.06 bits per heavy atom. The molecule has 0 fully saturated rings. The first kappa shape index (κ1) is 12.6. The lowest BCUT2D eigenvalue weighted by molar-refractivity contribution is 0.149. The quantitative estimate of drug-likeness (QED) is 0.748. The molecule has 0 aliphatic heterocycles. The molecular formula is C13H17NO2. The van der Waals surface area contributed by atoms with E-state index in [4.69, 9.17) is 0 Å². The highest BCUT2D eigenvalue weighted by atomic mass is 16.3. The van der Waals surface area contributed by atoms with Gasteiger partial charge in [0.1, 0.15) is 0 Å². The molecule has 1 atom stereocenters. The lowest BCUT2D eigenvalue weighted by atomic mass is 9.84. The van der Waals surface area contributed by atoms with Crippen molar-refractivity contribution in [1.29, 1.82) is 0 Å². The SMILES string of the molecule is C=Cc1ccc(CC(C)(CO)CN=O)cc1. The lowest BCUT2D eigenvalue weighted by Gasteiger charge is -2.23. The Kier molecular flexibility index (Phi) is 4.38. The molecule has 1 N–H and O–H groups in total. The Labute approximate surface area is 95.8 Å². The number of hydrogen-bond donors (Lipinski definition) is 1. The van der Waals surface area contributed by atoms with Crippen molar-refractivity contribution in [3.63, 3.8) is 0 Å². The monoisotopic (exact) mass is 219 g/mol. The summed E-state index contributed by atoms with van der Waals surface area (Å²) in [4.78, 5) is 10.3. The average molecular weight is 219 g/mol. The van der Waals surface area contributed by atoms with Gasteiger partial charge >= 0.3 is 0 Å². The van der Waals surface area contributed by atoms with Crippen molar-refractivity contribution in [1.82, 2.24) is 0 Å². The summed E-state index contributed by atoms with van der Waals surface area (Å²) in [5, 5.41) is 12.1. The molecule has 1 unspecified atom stereocenters. The van der Waals surface area contributed by atoms with Crippen LogP contribution in [-0.2, 0) is 6.42 Å². The Bertz CT molecular complexity index is 359. The van der Waals surface area contributed by atoms with E-state index in [1.165, 1.54) is 0 Å². The highest BCUT2D eigenvalue weighted by molar-refractivity contribution is 5.47. The molecule has 86 valence electrons. The Hall–Kier alpha value is -1.48. The number of nitrogens with zero attached hydrogens (tertiary/aromatic N) is 1. The van der Waals surface area contributed by atoms with Crippen LogP contribution in [-0.4, -0.2) is 18.3 Å². The highest BCUT2D eigenvalue weighted by Gasteiger charge is 2.24. The van der Waals surface area contributed by atoms with Crippen molar-refractivity contribution < 1.29 is 5.11 Å². The molecule has 0 aromatic heterocycles. The van der Waals surface area contributed by atoms with Gasteiger partial charge in [-0.15, -0.1) is 0 Å². The van der Waals surface area contributed by atoms with Crippen molar-refractivity contribution in [3.05, 3.63) is 46.9 Å². The minimum atomic E-state index is -0.461. The van der Waals surface area contributed by atoms with Crippen LogP contribution in [0.15, 0.2) is 36.0 Å². The summed E-state index contributed by atoms with van der Waals surface area (Å²) in [5.74, 6) is 0. The third-order valence-electron chi connectivity index (χ3n) is 2.67. The number of benzene rings is 1. The van der Waals surface area contributed by atoms with E-state index >= 15 is 0 Å². The minimum Gasteiger partial charge on any atom is -0.396 e. The Balaban J connectivity index is 2.77. The smallest absolute Gasteiger partial charge is 0.0889 e. The van der Waals surface area contributed by atoms with E-state index < -0.39 is 5.41 Å². The maximum absolute atomic E-state index is 10.3. The number of hydrogen-bond acceptors (Lipinski definition) is 3. The fraction of sp³-hybridized carbons (Fsp3) is 0.385. The van der Waals surface area contributed by atoms with Crippen LogP contribution in [0.3, 0.4) is 0 Å². The van der Waals surface area contributed by atoms with Crippen LogP contribution >= 0.6 is 0 Å². The van der Waals surface area contributed by atoms with Crippen LogP contribution < -0.4 is 0 Å². The third kappa shape index (κ3) is 3.28. The van der Waals surface area contributed by atoms with Crippen LogP contribution in [0.25, 0.3) is 6.08 Å². The molecule has 1 rings (SSSR count). The zero-order valence-electron chi connectivity index (χ0n) is 9.52. The Morgan fingerprint density at radius 1 is 1.44 bits per heavy atom. The van der Waals surface area contributed by atoms with Crippen molar-refractivity contribution in [2.24, 2.45) is 10.6 Å².